The first-order valence-electron chi connectivity index (χ1n) is 8.09. The van der Waals surface area contributed by atoms with E-state index >= 15 is 0 Å². The monoisotopic (exact) mass is 351 g/mol. The minimum Gasteiger partial charge on any atom is -0.493 e. The van der Waals surface area contributed by atoms with Gasteiger partial charge in [-0.25, -0.2) is 13.1 Å². The largest absolute Gasteiger partial charge is 0.493 e. The highest BCUT2D eigenvalue weighted by molar-refractivity contribution is 7.92. The smallest absolute Gasteiger partial charge is 0.277 e. The molecule has 0 saturated heterocycles. The molecule has 130 valence electrons. The van der Waals surface area contributed by atoms with Crippen molar-refractivity contribution in [3.8, 4) is 5.75 Å². The number of nitrogens with one attached hydrogen (secondary N) is 1. The molecule has 1 aliphatic rings. The molecule has 3 rings (SSSR count). The third-order valence-electron chi connectivity index (χ3n) is 4.10. The fourth-order valence-electron chi connectivity index (χ4n) is 2.80. The number of anilines is 1. The Bertz CT molecular complexity index is 765. The molecule has 0 aliphatic heterocycles. The second kappa shape index (κ2) is 7.21. The Hall–Kier alpha value is -2.09. The zero-order valence-electron chi connectivity index (χ0n) is 13.6. The van der Waals surface area contributed by atoms with E-state index in [1.807, 2.05) is 0 Å². The number of hydrogen-bond donors (Lipinski definition) is 1. The zero-order valence-corrected chi connectivity index (χ0v) is 14.4. The Morgan fingerprint density at radius 3 is 2.54 bits per heavy atom. The van der Waals surface area contributed by atoms with Crippen LogP contribution in [0.4, 0.5) is 5.95 Å². The van der Waals surface area contributed by atoms with Crippen molar-refractivity contribution in [3.63, 3.8) is 0 Å². The van der Waals surface area contributed by atoms with Gasteiger partial charge in [0.25, 0.3) is 16.0 Å². The summed E-state index contributed by atoms with van der Waals surface area (Å²) in [4.78, 5) is 3.95. The standard InChI is InChI=1S/C16H21N3O4S/c1-12-17-16(18-23-12)19-24(20,21)15-9-7-14(8-10-15)22-11-13-5-3-2-4-6-13/h7-10,13H,2-6,11H2,1H3,(H,18,19). The molecule has 1 aromatic carbocycles. The van der Waals surface area contributed by atoms with Gasteiger partial charge < -0.3 is 9.26 Å². The number of rotatable bonds is 6. The average Bonchev–Trinajstić information content (AvgIpc) is 2.98. The fourth-order valence-corrected chi connectivity index (χ4v) is 3.74. The van der Waals surface area contributed by atoms with E-state index in [9.17, 15) is 8.42 Å². The topological polar surface area (TPSA) is 94.3 Å². The number of aromatic nitrogens is 2. The Balaban J connectivity index is 1.60. The molecule has 24 heavy (non-hydrogen) atoms. The summed E-state index contributed by atoms with van der Waals surface area (Å²) in [6.45, 7) is 2.27. The molecular formula is C16H21N3O4S. The molecule has 1 fully saturated rings. The van der Waals surface area contributed by atoms with E-state index in [1.165, 1.54) is 44.2 Å². The van der Waals surface area contributed by atoms with Crippen LogP contribution in [0.15, 0.2) is 33.7 Å². The highest BCUT2D eigenvalue weighted by Crippen LogP contribution is 2.25. The molecule has 8 heteroatoms. The van der Waals surface area contributed by atoms with Crippen LogP contribution in [0.25, 0.3) is 0 Å². The van der Waals surface area contributed by atoms with E-state index in [1.54, 1.807) is 19.1 Å². The van der Waals surface area contributed by atoms with Crippen LogP contribution in [0.1, 0.15) is 38.0 Å². The average molecular weight is 351 g/mol. The number of sulfonamides is 1. The number of aryl methyl sites for hydroxylation is 1. The molecule has 0 spiro atoms. The summed E-state index contributed by atoms with van der Waals surface area (Å²) >= 11 is 0. The summed E-state index contributed by atoms with van der Waals surface area (Å²) in [6.07, 6.45) is 6.27. The molecule has 0 amide bonds. The zero-order chi connectivity index (χ0) is 17.0. The summed E-state index contributed by atoms with van der Waals surface area (Å²) in [6, 6.07) is 6.34. The van der Waals surface area contributed by atoms with Gasteiger partial charge in [0, 0.05) is 6.92 Å². The van der Waals surface area contributed by atoms with Gasteiger partial charge in [0.2, 0.25) is 5.89 Å². The number of ether oxygens (including phenoxy) is 1. The van der Waals surface area contributed by atoms with E-state index in [2.05, 4.69) is 14.9 Å². The Morgan fingerprint density at radius 1 is 1.21 bits per heavy atom. The third-order valence-corrected chi connectivity index (χ3v) is 5.44. The van der Waals surface area contributed by atoms with Crippen LogP contribution in [-0.2, 0) is 10.0 Å². The van der Waals surface area contributed by atoms with Gasteiger partial charge >= 0.3 is 0 Å². The van der Waals surface area contributed by atoms with Crippen molar-refractivity contribution in [2.24, 2.45) is 5.92 Å². The van der Waals surface area contributed by atoms with Crippen LogP contribution in [0.2, 0.25) is 0 Å². The summed E-state index contributed by atoms with van der Waals surface area (Å²) in [7, 11) is -3.74. The summed E-state index contributed by atoms with van der Waals surface area (Å²) in [5.41, 5.74) is 0. The lowest BCUT2D eigenvalue weighted by Gasteiger charge is -2.21. The number of nitrogens with zero attached hydrogens (tertiary/aromatic N) is 2. The van der Waals surface area contributed by atoms with Crippen LogP contribution < -0.4 is 9.46 Å². The van der Waals surface area contributed by atoms with Crippen molar-refractivity contribution in [1.29, 1.82) is 0 Å². The molecule has 1 aromatic heterocycles. The van der Waals surface area contributed by atoms with Crippen LogP contribution in [0.5, 0.6) is 5.75 Å². The number of hydrogen-bond acceptors (Lipinski definition) is 6. The third kappa shape index (κ3) is 4.25. The molecule has 7 nitrogen and oxygen atoms in total. The van der Waals surface area contributed by atoms with Gasteiger partial charge in [0.1, 0.15) is 5.75 Å². The normalized spacial score (nSPS) is 16.0. The van der Waals surface area contributed by atoms with Gasteiger partial charge in [0.15, 0.2) is 0 Å². The van der Waals surface area contributed by atoms with Gasteiger partial charge in [0.05, 0.1) is 11.5 Å². The second-order valence-electron chi connectivity index (χ2n) is 6.03. The summed E-state index contributed by atoms with van der Waals surface area (Å²) in [5.74, 6) is 1.49. The molecule has 1 heterocycles. The van der Waals surface area contributed by atoms with E-state index in [0.717, 1.165) is 0 Å². The molecule has 0 radical (unpaired) electrons. The minimum atomic E-state index is -3.74. The van der Waals surface area contributed by atoms with Gasteiger partial charge in [-0.1, -0.05) is 19.3 Å². The van der Waals surface area contributed by atoms with Crippen LogP contribution in [0, 0.1) is 12.8 Å². The lowest BCUT2D eigenvalue weighted by atomic mass is 9.90. The van der Waals surface area contributed by atoms with E-state index in [-0.39, 0.29) is 10.8 Å². The number of benzene rings is 1. The summed E-state index contributed by atoms with van der Waals surface area (Å²) < 4.78 is 37.3. The Kier molecular flexibility index (Phi) is 5.03. The van der Waals surface area contributed by atoms with Crippen LogP contribution >= 0.6 is 0 Å². The van der Waals surface area contributed by atoms with Crippen molar-refractivity contribution in [2.45, 2.75) is 43.9 Å². The summed E-state index contributed by atoms with van der Waals surface area (Å²) in [5, 5.41) is 3.52. The van der Waals surface area contributed by atoms with Gasteiger partial charge in [-0.15, -0.1) is 0 Å². The van der Waals surface area contributed by atoms with Gasteiger partial charge in [-0.2, -0.15) is 4.98 Å². The molecule has 1 saturated carbocycles. The van der Waals surface area contributed by atoms with Crippen LogP contribution in [-0.4, -0.2) is 25.2 Å². The lowest BCUT2D eigenvalue weighted by molar-refractivity contribution is 0.209. The van der Waals surface area contributed by atoms with Crippen molar-refractivity contribution in [1.82, 2.24) is 10.1 Å². The Labute approximate surface area is 141 Å². The fraction of sp³-hybridized carbons (Fsp3) is 0.500. The first-order valence-corrected chi connectivity index (χ1v) is 9.57. The van der Waals surface area contributed by atoms with Crippen LogP contribution in [0.3, 0.4) is 0 Å². The lowest BCUT2D eigenvalue weighted by Crippen LogP contribution is -2.15. The maximum atomic E-state index is 12.3. The molecule has 0 atom stereocenters. The molecule has 1 aliphatic carbocycles. The van der Waals surface area contributed by atoms with Crippen molar-refractivity contribution in [3.05, 3.63) is 30.2 Å². The highest BCUT2D eigenvalue weighted by Gasteiger charge is 2.18. The van der Waals surface area contributed by atoms with Gasteiger partial charge in [-0.3, -0.25) is 0 Å². The van der Waals surface area contributed by atoms with E-state index in [4.69, 9.17) is 9.26 Å². The predicted molar refractivity (Wildman–Crippen MR) is 88.4 cm³/mol. The quantitative estimate of drug-likeness (QED) is 0.859. The predicted octanol–water partition coefficient (Wildman–Crippen LogP) is 3.14. The molecule has 0 unspecified atom stereocenters. The van der Waals surface area contributed by atoms with Crippen molar-refractivity contribution >= 4 is 16.0 Å². The molecule has 1 N–H and O–H groups in total. The van der Waals surface area contributed by atoms with Crippen molar-refractivity contribution in [2.75, 3.05) is 11.3 Å². The molecule has 2 aromatic rings. The van der Waals surface area contributed by atoms with Crippen molar-refractivity contribution < 1.29 is 17.7 Å². The highest BCUT2D eigenvalue weighted by atomic mass is 32.2. The van der Waals surface area contributed by atoms with Gasteiger partial charge in [-0.05, 0) is 48.2 Å². The Morgan fingerprint density at radius 2 is 1.92 bits per heavy atom. The molecular weight excluding hydrogens is 330 g/mol. The SMILES string of the molecule is Cc1nc(NS(=O)(=O)c2ccc(OCC3CCCCC3)cc2)no1. The molecule has 0 bridgehead atoms. The van der Waals surface area contributed by atoms with E-state index < -0.39 is 10.0 Å². The maximum absolute atomic E-state index is 12.3. The first kappa shape index (κ1) is 16.8. The minimum absolute atomic E-state index is 0.0786. The maximum Gasteiger partial charge on any atom is 0.277 e. The second-order valence-corrected chi connectivity index (χ2v) is 7.71. The first-order chi connectivity index (χ1) is 11.5. The van der Waals surface area contributed by atoms with E-state index in [0.29, 0.717) is 24.2 Å².